The van der Waals surface area contributed by atoms with E-state index in [1.165, 1.54) is 18.1 Å². The Bertz CT molecular complexity index is 442. The van der Waals surface area contributed by atoms with Crippen LogP contribution in [0.1, 0.15) is 30.9 Å². The normalized spacial score (nSPS) is 20.3. The average Bonchev–Trinajstić information content (AvgIpc) is 2.38. The highest BCUT2D eigenvalue weighted by Crippen LogP contribution is 2.31. The number of halogens is 1. The van der Waals surface area contributed by atoms with E-state index in [9.17, 15) is 4.79 Å². The van der Waals surface area contributed by atoms with Gasteiger partial charge in [-0.2, -0.15) is 0 Å². The van der Waals surface area contributed by atoms with Crippen LogP contribution in [-0.4, -0.2) is 17.4 Å². The number of hydrogen-bond acceptors (Lipinski definition) is 2. The van der Waals surface area contributed by atoms with E-state index in [4.69, 9.17) is 5.73 Å². The summed E-state index contributed by atoms with van der Waals surface area (Å²) in [5.41, 5.74) is 6.44. The fraction of sp³-hybridized carbons (Fsp3) is 0.357. The van der Waals surface area contributed by atoms with Gasteiger partial charge in [0.05, 0.1) is 6.04 Å². The average molecular weight is 309 g/mol. The predicted octanol–water partition coefficient (Wildman–Crippen LogP) is 2.98. The number of carbonyl (C=O) groups excluding carboxylic acids is 1. The minimum Gasteiger partial charge on any atom is -0.370 e. The van der Waals surface area contributed by atoms with E-state index in [1.54, 1.807) is 0 Å². The van der Waals surface area contributed by atoms with Gasteiger partial charge in [0.2, 0.25) is 5.91 Å². The number of primary amides is 1. The molecule has 2 N–H and O–H groups in total. The maximum atomic E-state index is 10.8. The predicted molar refractivity (Wildman–Crippen MR) is 75.8 cm³/mol. The van der Waals surface area contributed by atoms with Gasteiger partial charge in [0, 0.05) is 23.3 Å². The first-order valence-corrected chi connectivity index (χ1v) is 6.95. The monoisotopic (exact) mass is 308 g/mol. The van der Waals surface area contributed by atoms with Crippen LogP contribution in [0.25, 0.3) is 0 Å². The van der Waals surface area contributed by atoms with Gasteiger partial charge < -0.3 is 10.6 Å². The lowest BCUT2D eigenvalue weighted by Gasteiger charge is -2.35. The summed E-state index contributed by atoms with van der Waals surface area (Å²) >= 11 is 3.45. The molecule has 1 aromatic rings. The third kappa shape index (κ3) is 3.35. The van der Waals surface area contributed by atoms with E-state index in [0.29, 0.717) is 6.04 Å². The Morgan fingerprint density at radius 3 is 2.72 bits per heavy atom. The Morgan fingerprint density at radius 2 is 2.06 bits per heavy atom. The van der Waals surface area contributed by atoms with Crippen molar-refractivity contribution in [3.8, 4) is 0 Å². The molecule has 1 atom stereocenters. The molecule has 0 bridgehead atoms. The van der Waals surface area contributed by atoms with Crippen molar-refractivity contribution in [2.24, 2.45) is 5.73 Å². The molecule has 4 heteroatoms. The van der Waals surface area contributed by atoms with E-state index in [-0.39, 0.29) is 0 Å². The van der Waals surface area contributed by atoms with Crippen LogP contribution in [0.2, 0.25) is 0 Å². The zero-order chi connectivity index (χ0) is 13.0. The number of carbonyl (C=O) groups is 1. The quantitative estimate of drug-likeness (QED) is 0.873. The van der Waals surface area contributed by atoms with Gasteiger partial charge in [0.1, 0.15) is 0 Å². The lowest BCUT2D eigenvalue weighted by Crippen LogP contribution is -2.29. The summed E-state index contributed by atoms with van der Waals surface area (Å²) in [6, 6.07) is 8.72. The lowest BCUT2D eigenvalue weighted by atomic mass is 9.96. The van der Waals surface area contributed by atoms with Crippen LogP contribution >= 0.6 is 15.9 Å². The Hall–Kier alpha value is -1.29. The first-order chi connectivity index (χ1) is 8.66. The summed E-state index contributed by atoms with van der Waals surface area (Å²) in [6.45, 7) is 0.977. The van der Waals surface area contributed by atoms with Crippen LogP contribution in [0.3, 0.4) is 0 Å². The second-order valence-electron chi connectivity index (χ2n) is 4.52. The summed E-state index contributed by atoms with van der Waals surface area (Å²) in [5, 5.41) is 0. The number of benzene rings is 1. The fourth-order valence-electron chi connectivity index (χ4n) is 2.34. The first-order valence-electron chi connectivity index (χ1n) is 6.15. The molecule has 2 rings (SSSR count). The third-order valence-electron chi connectivity index (χ3n) is 3.23. The van der Waals surface area contributed by atoms with E-state index < -0.39 is 5.91 Å². The number of piperidine rings is 1. The highest BCUT2D eigenvalue weighted by molar-refractivity contribution is 9.10. The first kappa shape index (κ1) is 13.1. The molecular formula is C14H17BrN2O. The maximum Gasteiger partial charge on any atom is 0.242 e. The van der Waals surface area contributed by atoms with Crippen LogP contribution in [0, 0.1) is 0 Å². The van der Waals surface area contributed by atoms with E-state index >= 15 is 0 Å². The van der Waals surface area contributed by atoms with Crippen molar-refractivity contribution in [3.63, 3.8) is 0 Å². The van der Waals surface area contributed by atoms with Crippen molar-refractivity contribution in [1.82, 2.24) is 4.90 Å². The molecule has 1 aromatic carbocycles. The zero-order valence-corrected chi connectivity index (χ0v) is 11.8. The zero-order valence-electron chi connectivity index (χ0n) is 10.2. The molecule has 1 amide bonds. The van der Waals surface area contributed by atoms with Crippen LogP contribution in [-0.2, 0) is 4.79 Å². The van der Waals surface area contributed by atoms with Crippen molar-refractivity contribution in [3.05, 3.63) is 46.6 Å². The molecule has 1 heterocycles. The summed E-state index contributed by atoms with van der Waals surface area (Å²) in [4.78, 5) is 13.0. The van der Waals surface area contributed by atoms with Gasteiger partial charge in [0.25, 0.3) is 0 Å². The molecule has 18 heavy (non-hydrogen) atoms. The van der Waals surface area contributed by atoms with E-state index in [2.05, 4.69) is 45.1 Å². The number of likely N-dealkylation sites (tertiary alicyclic amines) is 1. The Morgan fingerprint density at radius 1 is 1.33 bits per heavy atom. The van der Waals surface area contributed by atoms with Crippen LogP contribution < -0.4 is 5.73 Å². The third-order valence-corrected chi connectivity index (χ3v) is 3.76. The van der Waals surface area contributed by atoms with E-state index in [0.717, 1.165) is 23.9 Å². The highest BCUT2D eigenvalue weighted by Gasteiger charge is 2.21. The van der Waals surface area contributed by atoms with Gasteiger partial charge in [-0.1, -0.05) is 28.1 Å². The molecular weight excluding hydrogens is 292 g/mol. The summed E-state index contributed by atoms with van der Waals surface area (Å²) < 4.78 is 1.08. The molecule has 1 aliphatic heterocycles. The molecule has 3 nitrogen and oxygen atoms in total. The Balaban J connectivity index is 2.17. The highest BCUT2D eigenvalue weighted by atomic mass is 79.9. The number of nitrogens with zero attached hydrogens (tertiary/aromatic N) is 1. The molecule has 0 saturated carbocycles. The van der Waals surface area contributed by atoms with Crippen molar-refractivity contribution >= 4 is 21.8 Å². The van der Waals surface area contributed by atoms with Gasteiger partial charge in [-0.3, -0.25) is 4.79 Å². The fourth-order valence-corrected chi connectivity index (χ4v) is 2.61. The topological polar surface area (TPSA) is 46.3 Å². The maximum absolute atomic E-state index is 10.8. The van der Waals surface area contributed by atoms with Crippen LogP contribution in [0.5, 0.6) is 0 Å². The Kier molecular flexibility index (Phi) is 4.42. The number of hydrogen-bond donors (Lipinski definition) is 1. The van der Waals surface area contributed by atoms with Crippen LogP contribution in [0.4, 0.5) is 0 Å². The van der Waals surface area contributed by atoms with Gasteiger partial charge >= 0.3 is 0 Å². The summed E-state index contributed by atoms with van der Waals surface area (Å²) in [6.07, 6.45) is 6.77. The minimum absolute atomic E-state index is 0.349. The number of nitrogens with two attached hydrogens (primary N) is 1. The molecule has 0 aromatic heterocycles. The molecule has 0 aliphatic carbocycles. The molecule has 1 aliphatic rings. The minimum atomic E-state index is -0.393. The molecule has 0 radical (unpaired) electrons. The summed E-state index contributed by atoms with van der Waals surface area (Å²) in [7, 11) is 0. The van der Waals surface area contributed by atoms with Gasteiger partial charge in [-0.25, -0.2) is 0 Å². The van der Waals surface area contributed by atoms with Crippen molar-refractivity contribution in [2.75, 3.05) is 6.54 Å². The molecule has 96 valence electrons. The second kappa shape index (κ2) is 6.05. The van der Waals surface area contributed by atoms with E-state index in [1.807, 2.05) is 6.20 Å². The van der Waals surface area contributed by atoms with Gasteiger partial charge in [-0.15, -0.1) is 0 Å². The van der Waals surface area contributed by atoms with Gasteiger partial charge in [0.15, 0.2) is 0 Å². The standard InChI is InChI=1S/C14H17BrN2O/c15-12-6-4-11(5-7-12)13-3-1-2-9-17(13)10-8-14(16)18/h4-8,10,13H,1-3,9H2,(H2,16,18)/b10-8+. The number of rotatable bonds is 3. The largest absolute Gasteiger partial charge is 0.370 e. The smallest absolute Gasteiger partial charge is 0.242 e. The summed E-state index contributed by atoms with van der Waals surface area (Å²) in [5.74, 6) is -0.393. The molecule has 1 unspecified atom stereocenters. The molecule has 1 fully saturated rings. The van der Waals surface area contributed by atoms with Crippen molar-refractivity contribution < 1.29 is 4.79 Å². The van der Waals surface area contributed by atoms with Crippen LogP contribution in [0.15, 0.2) is 41.0 Å². The lowest BCUT2D eigenvalue weighted by molar-refractivity contribution is -0.113. The Labute approximate surface area is 116 Å². The van der Waals surface area contributed by atoms with Crippen molar-refractivity contribution in [1.29, 1.82) is 0 Å². The second-order valence-corrected chi connectivity index (χ2v) is 5.43. The van der Waals surface area contributed by atoms with Crippen molar-refractivity contribution in [2.45, 2.75) is 25.3 Å². The number of amides is 1. The van der Waals surface area contributed by atoms with Gasteiger partial charge in [-0.05, 0) is 37.0 Å². The molecule has 0 spiro atoms. The molecule has 1 saturated heterocycles. The SMILES string of the molecule is NC(=O)/C=C/N1CCCCC1c1ccc(Br)cc1.